The molecule has 3 heterocycles. The van der Waals surface area contributed by atoms with Gasteiger partial charge in [-0.15, -0.1) is 13.2 Å². The van der Waals surface area contributed by atoms with E-state index in [-0.39, 0.29) is 17.0 Å². The standard InChI is InChI=1S/C25H14BrF3N2O5/c26-15-4-5-18-14(10-15)11-19(35-18)22(32)20-21(13-6-8-30-9-7-13)31(24(34)23(20)33)16-2-1-3-17(12-16)36-25(27,28)29/h1-12,21,33H. The fraction of sp³-hybridized carbons (Fsp3) is 0.0800. The van der Waals surface area contributed by atoms with Gasteiger partial charge >= 0.3 is 6.36 Å². The Morgan fingerprint density at radius 2 is 1.83 bits per heavy atom. The normalized spacial score (nSPS) is 16.2. The maximum Gasteiger partial charge on any atom is 0.573 e. The number of nitrogens with zero attached hydrogens (tertiary/aromatic N) is 2. The maximum absolute atomic E-state index is 13.6. The summed E-state index contributed by atoms with van der Waals surface area (Å²) in [7, 11) is 0. The van der Waals surface area contributed by atoms with Crippen molar-refractivity contribution in [1.29, 1.82) is 0 Å². The summed E-state index contributed by atoms with van der Waals surface area (Å²) in [6.07, 6.45) is -2.09. The van der Waals surface area contributed by atoms with Crippen LogP contribution in [0.15, 0.2) is 93.3 Å². The summed E-state index contributed by atoms with van der Waals surface area (Å²) in [5.41, 5.74) is 0.505. The molecule has 11 heteroatoms. The SMILES string of the molecule is O=C(C1=C(O)C(=O)N(c2cccc(OC(F)(F)F)c2)C1c1ccncc1)c1cc2cc(Br)ccc2o1. The van der Waals surface area contributed by atoms with E-state index < -0.39 is 35.6 Å². The highest BCUT2D eigenvalue weighted by Gasteiger charge is 2.45. The number of carbonyl (C=O) groups excluding carboxylic acids is 2. The predicted octanol–water partition coefficient (Wildman–Crippen LogP) is 6.27. The third-order valence-corrected chi connectivity index (χ3v) is 6.00. The molecule has 1 atom stereocenters. The molecular weight excluding hydrogens is 545 g/mol. The number of furan rings is 1. The number of ketones is 1. The van der Waals surface area contributed by atoms with Crippen LogP contribution in [-0.4, -0.2) is 28.1 Å². The number of hydrogen-bond donors (Lipinski definition) is 1. The van der Waals surface area contributed by atoms with Gasteiger partial charge in [0.2, 0.25) is 5.78 Å². The van der Waals surface area contributed by atoms with Crippen LogP contribution in [0.25, 0.3) is 11.0 Å². The van der Waals surface area contributed by atoms with Gasteiger partial charge in [-0.05, 0) is 54.1 Å². The molecule has 0 bridgehead atoms. The molecule has 1 amide bonds. The number of ether oxygens (including phenoxy) is 1. The zero-order valence-electron chi connectivity index (χ0n) is 18.0. The number of amides is 1. The molecule has 0 spiro atoms. The highest BCUT2D eigenvalue weighted by atomic mass is 79.9. The van der Waals surface area contributed by atoms with Crippen molar-refractivity contribution < 1.29 is 37.0 Å². The van der Waals surface area contributed by atoms with Crippen molar-refractivity contribution in [3.05, 3.63) is 100 Å². The van der Waals surface area contributed by atoms with Crippen molar-refractivity contribution in [2.45, 2.75) is 12.4 Å². The lowest BCUT2D eigenvalue weighted by Gasteiger charge is -2.27. The number of pyridine rings is 1. The number of rotatable bonds is 5. The molecule has 1 aliphatic rings. The Morgan fingerprint density at radius 1 is 1.08 bits per heavy atom. The Balaban J connectivity index is 1.61. The number of anilines is 1. The number of aliphatic hydroxyl groups excluding tert-OH is 1. The summed E-state index contributed by atoms with van der Waals surface area (Å²) in [4.78, 5) is 31.7. The van der Waals surface area contributed by atoms with Crippen molar-refractivity contribution in [1.82, 2.24) is 4.98 Å². The van der Waals surface area contributed by atoms with E-state index >= 15 is 0 Å². The smallest absolute Gasteiger partial charge is 0.503 e. The summed E-state index contributed by atoms with van der Waals surface area (Å²) in [6.45, 7) is 0. The lowest BCUT2D eigenvalue weighted by atomic mass is 9.95. The fourth-order valence-electron chi connectivity index (χ4n) is 4.05. The van der Waals surface area contributed by atoms with Crippen molar-refractivity contribution in [2.75, 3.05) is 4.90 Å². The Kier molecular flexibility index (Phi) is 5.79. The Hall–Kier alpha value is -4.12. The number of fused-ring (bicyclic) bond motifs is 1. The lowest BCUT2D eigenvalue weighted by Crippen LogP contribution is -2.31. The third kappa shape index (κ3) is 4.33. The quantitative estimate of drug-likeness (QED) is 0.290. The van der Waals surface area contributed by atoms with Crippen molar-refractivity contribution >= 4 is 44.3 Å². The molecule has 0 saturated heterocycles. The number of alkyl halides is 3. The van der Waals surface area contributed by atoms with Gasteiger partial charge in [0, 0.05) is 34.0 Å². The number of hydrogen-bond acceptors (Lipinski definition) is 6. The highest BCUT2D eigenvalue weighted by Crippen LogP contribution is 2.43. The summed E-state index contributed by atoms with van der Waals surface area (Å²) in [5.74, 6) is -3.25. The minimum atomic E-state index is -4.95. The molecule has 1 N–H and O–H groups in total. The first-order chi connectivity index (χ1) is 17.1. The lowest BCUT2D eigenvalue weighted by molar-refractivity contribution is -0.274. The number of Topliss-reactive ketones (excluding diaryl/α,β-unsaturated/α-hetero) is 1. The molecule has 2 aromatic heterocycles. The maximum atomic E-state index is 13.6. The van der Waals surface area contributed by atoms with Crippen LogP contribution in [0.4, 0.5) is 18.9 Å². The van der Waals surface area contributed by atoms with Crippen LogP contribution in [0.5, 0.6) is 5.75 Å². The van der Waals surface area contributed by atoms with Crippen molar-refractivity contribution in [3.8, 4) is 5.75 Å². The van der Waals surface area contributed by atoms with Crippen molar-refractivity contribution in [2.24, 2.45) is 0 Å². The number of halogens is 4. The van der Waals surface area contributed by atoms with Crippen LogP contribution in [-0.2, 0) is 4.79 Å². The molecule has 7 nitrogen and oxygen atoms in total. The zero-order chi connectivity index (χ0) is 25.6. The first-order valence-electron chi connectivity index (χ1n) is 10.4. The summed E-state index contributed by atoms with van der Waals surface area (Å²) in [6, 6.07) is 13.2. The molecule has 5 rings (SSSR count). The van der Waals surface area contributed by atoms with E-state index in [2.05, 4.69) is 25.7 Å². The number of aliphatic hydroxyl groups is 1. The van der Waals surface area contributed by atoms with Gasteiger partial charge in [-0.3, -0.25) is 19.5 Å². The summed E-state index contributed by atoms with van der Waals surface area (Å²) in [5, 5.41) is 11.4. The molecule has 36 heavy (non-hydrogen) atoms. The summed E-state index contributed by atoms with van der Waals surface area (Å²) < 4.78 is 48.8. The molecule has 1 unspecified atom stereocenters. The van der Waals surface area contributed by atoms with E-state index in [4.69, 9.17) is 4.42 Å². The average molecular weight is 559 g/mol. The molecular formula is C25H14BrF3N2O5. The highest BCUT2D eigenvalue weighted by molar-refractivity contribution is 9.10. The van der Waals surface area contributed by atoms with Crippen molar-refractivity contribution in [3.63, 3.8) is 0 Å². The van der Waals surface area contributed by atoms with E-state index in [1.54, 1.807) is 18.2 Å². The molecule has 182 valence electrons. The zero-order valence-corrected chi connectivity index (χ0v) is 19.6. The van der Waals surface area contributed by atoms with Crippen LogP contribution in [0.2, 0.25) is 0 Å². The molecule has 2 aromatic carbocycles. The molecule has 0 fully saturated rings. The van der Waals surface area contributed by atoms with Gasteiger partial charge in [-0.1, -0.05) is 22.0 Å². The van der Waals surface area contributed by atoms with Gasteiger partial charge in [-0.2, -0.15) is 0 Å². The van der Waals surface area contributed by atoms with Crippen LogP contribution < -0.4 is 9.64 Å². The predicted molar refractivity (Wildman–Crippen MR) is 125 cm³/mol. The van der Waals surface area contributed by atoms with Crippen LogP contribution in [0, 0.1) is 0 Å². The van der Waals surface area contributed by atoms with Crippen LogP contribution in [0.1, 0.15) is 22.2 Å². The van der Waals surface area contributed by atoms with Gasteiger partial charge in [-0.25, -0.2) is 0 Å². The summed E-state index contributed by atoms with van der Waals surface area (Å²) >= 11 is 3.35. The second kappa shape index (κ2) is 8.83. The largest absolute Gasteiger partial charge is 0.573 e. The van der Waals surface area contributed by atoms with Crippen LogP contribution >= 0.6 is 15.9 Å². The second-order valence-electron chi connectivity index (χ2n) is 7.79. The van der Waals surface area contributed by atoms with Gasteiger partial charge in [0.05, 0.1) is 11.6 Å². The number of benzene rings is 2. The molecule has 0 saturated carbocycles. The first kappa shape index (κ1) is 23.6. The molecule has 4 aromatic rings. The fourth-order valence-corrected chi connectivity index (χ4v) is 4.43. The Morgan fingerprint density at radius 3 is 2.56 bits per heavy atom. The molecule has 0 aliphatic carbocycles. The minimum absolute atomic E-state index is 0.0218. The topological polar surface area (TPSA) is 92.9 Å². The van der Waals surface area contributed by atoms with Crippen LogP contribution in [0.3, 0.4) is 0 Å². The number of carbonyl (C=O) groups is 2. The van der Waals surface area contributed by atoms with E-state index in [0.29, 0.717) is 16.5 Å². The van der Waals surface area contributed by atoms with Gasteiger partial charge in [0.25, 0.3) is 5.91 Å². The van der Waals surface area contributed by atoms with E-state index in [1.165, 1.54) is 42.7 Å². The molecule has 1 aliphatic heterocycles. The molecule has 0 radical (unpaired) electrons. The van der Waals surface area contributed by atoms with E-state index in [1.807, 2.05) is 0 Å². The Labute approximate surface area is 209 Å². The third-order valence-electron chi connectivity index (χ3n) is 5.51. The monoisotopic (exact) mass is 558 g/mol. The first-order valence-corrected chi connectivity index (χ1v) is 11.2. The average Bonchev–Trinajstić information content (AvgIpc) is 3.37. The van der Waals surface area contributed by atoms with E-state index in [0.717, 1.165) is 21.5 Å². The van der Waals surface area contributed by atoms with E-state index in [9.17, 15) is 27.9 Å². The van der Waals surface area contributed by atoms with Gasteiger partial charge < -0.3 is 14.3 Å². The Bertz CT molecular complexity index is 1530. The van der Waals surface area contributed by atoms with Gasteiger partial charge in [0.15, 0.2) is 11.5 Å². The number of aromatic nitrogens is 1. The van der Waals surface area contributed by atoms with Gasteiger partial charge in [0.1, 0.15) is 11.3 Å². The minimum Gasteiger partial charge on any atom is -0.503 e. The second-order valence-corrected chi connectivity index (χ2v) is 8.70.